The molecule has 0 saturated carbocycles. The minimum absolute atomic E-state index is 0.0862. The highest BCUT2D eigenvalue weighted by Gasteiger charge is 2.23. The maximum Gasteiger partial charge on any atom is 0.224 e. The Balaban J connectivity index is 1.66. The number of nitrogens with one attached hydrogen (secondary N) is 2. The van der Waals surface area contributed by atoms with Crippen LogP contribution in [0.15, 0.2) is 24.3 Å². The molecule has 1 saturated heterocycles. The van der Waals surface area contributed by atoms with Gasteiger partial charge in [0.2, 0.25) is 11.8 Å². The molecule has 6 heteroatoms. The molecule has 1 aromatic heterocycles. The summed E-state index contributed by atoms with van der Waals surface area (Å²) in [6.45, 7) is 12.8. The highest BCUT2D eigenvalue weighted by Crippen LogP contribution is 2.29. The molecule has 2 heterocycles. The lowest BCUT2D eigenvalue weighted by molar-refractivity contribution is -0.124. The normalized spacial score (nSPS) is 19.8. The summed E-state index contributed by atoms with van der Waals surface area (Å²) in [7, 11) is 0. The largest absolute Gasteiger partial charge is 0.356 e. The molecule has 1 aromatic carbocycles. The Kier molecular flexibility index (Phi) is 7.52. The van der Waals surface area contributed by atoms with Crippen LogP contribution in [0.4, 0.5) is 11.5 Å². The quantitative estimate of drug-likeness (QED) is 0.678. The SMILES string of the molecule is CC[C@H](C)NC(=O)CCC(=O)Nc1ccc2nc(N3C[C@H](C)C[C@@H](C)C3)cc(C)c2c1. The van der Waals surface area contributed by atoms with Crippen LogP contribution in [0.25, 0.3) is 10.9 Å². The van der Waals surface area contributed by atoms with Crippen molar-refractivity contribution in [3.05, 3.63) is 29.8 Å². The summed E-state index contributed by atoms with van der Waals surface area (Å²) in [5, 5.41) is 6.84. The van der Waals surface area contributed by atoms with Crippen molar-refractivity contribution in [1.82, 2.24) is 10.3 Å². The van der Waals surface area contributed by atoms with Crippen molar-refractivity contribution in [3.63, 3.8) is 0 Å². The van der Waals surface area contributed by atoms with Gasteiger partial charge in [0.1, 0.15) is 5.82 Å². The molecular formula is C25H36N4O2. The van der Waals surface area contributed by atoms with E-state index in [1.165, 1.54) is 6.42 Å². The molecule has 2 amide bonds. The molecule has 0 unspecified atom stereocenters. The standard InChI is InChI=1S/C25H36N4O2/c1-6-19(5)26-24(30)9-10-25(31)27-20-7-8-22-21(13-20)18(4)12-23(28-22)29-14-16(2)11-17(3)15-29/h7-8,12-13,16-17,19H,6,9-11,14-15H2,1-5H3,(H,26,30)(H,27,31)/t16-,17-,19+/m1/s1. The minimum atomic E-state index is -0.155. The van der Waals surface area contributed by atoms with E-state index in [1.807, 2.05) is 32.0 Å². The molecule has 0 aliphatic carbocycles. The Morgan fingerprint density at radius 3 is 2.48 bits per heavy atom. The van der Waals surface area contributed by atoms with Gasteiger partial charge < -0.3 is 15.5 Å². The summed E-state index contributed by atoms with van der Waals surface area (Å²) in [5.41, 5.74) is 2.82. The van der Waals surface area contributed by atoms with E-state index in [9.17, 15) is 9.59 Å². The molecule has 1 aliphatic heterocycles. The number of anilines is 2. The van der Waals surface area contributed by atoms with Gasteiger partial charge in [-0.1, -0.05) is 20.8 Å². The highest BCUT2D eigenvalue weighted by atomic mass is 16.2. The lowest BCUT2D eigenvalue weighted by Gasteiger charge is -2.36. The molecule has 0 spiro atoms. The molecule has 6 nitrogen and oxygen atoms in total. The van der Waals surface area contributed by atoms with Crippen LogP contribution in [-0.4, -0.2) is 35.9 Å². The second kappa shape index (κ2) is 10.1. The van der Waals surface area contributed by atoms with Crippen molar-refractivity contribution in [2.24, 2.45) is 11.8 Å². The number of aromatic nitrogens is 1. The summed E-state index contributed by atoms with van der Waals surface area (Å²) in [4.78, 5) is 31.5. The van der Waals surface area contributed by atoms with Crippen LogP contribution < -0.4 is 15.5 Å². The van der Waals surface area contributed by atoms with E-state index >= 15 is 0 Å². The van der Waals surface area contributed by atoms with E-state index in [1.54, 1.807) is 0 Å². The predicted molar refractivity (Wildman–Crippen MR) is 127 cm³/mol. The molecule has 2 aromatic rings. The zero-order valence-corrected chi connectivity index (χ0v) is 19.5. The van der Waals surface area contributed by atoms with Gasteiger partial charge in [0.25, 0.3) is 0 Å². The predicted octanol–water partition coefficient (Wildman–Crippen LogP) is 4.66. The van der Waals surface area contributed by atoms with Crippen LogP contribution in [-0.2, 0) is 9.59 Å². The van der Waals surface area contributed by atoms with Crippen LogP contribution in [0.1, 0.15) is 58.9 Å². The number of hydrogen-bond donors (Lipinski definition) is 2. The van der Waals surface area contributed by atoms with Gasteiger partial charge in [-0.05, 0) is 68.4 Å². The molecule has 31 heavy (non-hydrogen) atoms. The zero-order valence-electron chi connectivity index (χ0n) is 19.5. The number of fused-ring (bicyclic) bond motifs is 1. The fraction of sp³-hybridized carbons (Fsp3) is 0.560. The number of piperidine rings is 1. The number of hydrogen-bond acceptors (Lipinski definition) is 4. The van der Waals surface area contributed by atoms with E-state index < -0.39 is 0 Å². The van der Waals surface area contributed by atoms with Gasteiger partial charge in [0.15, 0.2) is 0 Å². The molecule has 0 bridgehead atoms. The molecule has 3 atom stereocenters. The van der Waals surface area contributed by atoms with Gasteiger partial charge >= 0.3 is 0 Å². The van der Waals surface area contributed by atoms with E-state index in [0.717, 1.165) is 47.5 Å². The average Bonchev–Trinajstić information content (AvgIpc) is 2.71. The molecule has 168 valence electrons. The lowest BCUT2D eigenvalue weighted by atomic mass is 9.92. The Hall–Kier alpha value is -2.63. The Bertz CT molecular complexity index is 933. The van der Waals surface area contributed by atoms with Crippen LogP contribution in [0.3, 0.4) is 0 Å². The molecule has 0 radical (unpaired) electrons. The first-order valence-corrected chi connectivity index (χ1v) is 11.5. The fourth-order valence-corrected chi connectivity index (χ4v) is 4.37. The third-order valence-electron chi connectivity index (χ3n) is 6.08. The summed E-state index contributed by atoms with van der Waals surface area (Å²) in [6.07, 6.45) is 2.51. The summed E-state index contributed by atoms with van der Waals surface area (Å²) >= 11 is 0. The van der Waals surface area contributed by atoms with Crippen molar-refractivity contribution in [2.75, 3.05) is 23.3 Å². The lowest BCUT2D eigenvalue weighted by Crippen LogP contribution is -2.39. The van der Waals surface area contributed by atoms with Crippen molar-refractivity contribution < 1.29 is 9.59 Å². The van der Waals surface area contributed by atoms with Crippen molar-refractivity contribution in [3.8, 4) is 0 Å². The average molecular weight is 425 g/mol. The zero-order chi connectivity index (χ0) is 22.5. The van der Waals surface area contributed by atoms with Crippen LogP contribution >= 0.6 is 0 Å². The summed E-state index contributed by atoms with van der Waals surface area (Å²) in [6, 6.07) is 8.11. The highest BCUT2D eigenvalue weighted by molar-refractivity contribution is 5.96. The number of carbonyl (C=O) groups excluding carboxylic acids is 2. The van der Waals surface area contributed by atoms with Gasteiger partial charge in [0.05, 0.1) is 5.52 Å². The van der Waals surface area contributed by atoms with Gasteiger partial charge in [-0.2, -0.15) is 0 Å². The Morgan fingerprint density at radius 2 is 1.81 bits per heavy atom. The number of pyridine rings is 1. The number of rotatable bonds is 7. The van der Waals surface area contributed by atoms with E-state index in [2.05, 4.69) is 42.4 Å². The Morgan fingerprint density at radius 1 is 1.13 bits per heavy atom. The third kappa shape index (κ3) is 6.18. The van der Waals surface area contributed by atoms with Crippen molar-refractivity contribution in [2.45, 2.75) is 66.3 Å². The first-order valence-electron chi connectivity index (χ1n) is 11.5. The van der Waals surface area contributed by atoms with E-state index in [-0.39, 0.29) is 30.7 Å². The molecule has 1 fully saturated rings. The second-order valence-corrected chi connectivity index (χ2v) is 9.31. The van der Waals surface area contributed by atoms with E-state index in [4.69, 9.17) is 4.98 Å². The number of benzene rings is 1. The first kappa shape index (κ1) is 23.0. The van der Waals surface area contributed by atoms with Gasteiger partial charge in [-0.25, -0.2) is 4.98 Å². The number of carbonyl (C=O) groups is 2. The van der Waals surface area contributed by atoms with Crippen molar-refractivity contribution >= 4 is 34.2 Å². The van der Waals surface area contributed by atoms with Gasteiger partial charge in [-0.15, -0.1) is 0 Å². The molecular weight excluding hydrogens is 388 g/mol. The van der Waals surface area contributed by atoms with Gasteiger partial charge in [0, 0.05) is 43.0 Å². The van der Waals surface area contributed by atoms with E-state index in [0.29, 0.717) is 11.8 Å². The Labute approximate surface area is 185 Å². The van der Waals surface area contributed by atoms with Crippen LogP contribution in [0, 0.1) is 18.8 Å². The van der Waals surface area contributed by atoms with Crippen LogP contribution in [0.5, 0.6) is 0 Å². The van der Waals surface area contributed by atoms with Crippen LogP contribution in [0.2, 0.25) is 0 Å². The van der Waals surface area contributed by atoms with Crippen molar-refractivity contribution in [1.29, 1.82) is 0 Å². The second-order valence-electron chi connectivity index (χ2n) is 9.31. The summed E-state index contributed by atoms with van der Waals surface area (Å²) < 4.78 is 0. The minimum Gasteiger partial charge on any atom is -0.356 e. The smallest absolute Gasteiger partial charge is 0.224 e. The van der Waals surface area contributed by atoms with Gasteiger partial charge in [-0.3, -0.25) is 9.59 Å². The summed E-state index contributed by atoms with van der Waals surface area (Å²) in [5.74, 6) is 2.14. The maximum absolute atomic E-state index is 12.3. The number of nitrogens with zero attached hydrogens (tertiary/aromatic N) is 2. The third-order valence-corrected chi connectivity index (χ3v) is 6.08. The molecule has 2 N–H and O–H groups in total. The maximum atomic E-state index is 12.3. The number of amides is 2. The first-order chi connectivity index (χ1) is 14.7. The molecule has 1 aliphatic rings. The topological polar surface area (TPSA) is 74.3 Å². The molecule has 3 rings (SSSR count). The number of aryl methyl sites for hydroxylation is 1. The fourth-order valence-electron chi connectivity index (χ4n) is 4.37. The monoisotopic (exact) mass is 424 g/mol.